The van der Waals surface area contributed by atoms with Gasteiger partial charge in [-0.15, -0.1) is 0 Å². The standard InChI is InChI=1S/C13H18N4O/c1-16(10-12-4-7-15-8-5-12)11-13(18)17(2)9-3-6-14/h4-5,7-8H,3,9-11H2,1-2H3. The second-order valence-corrected chi connectivity index (χ2v) is 4.25. The molecule has 0 saturated carbocycles. The van der Waals surface area contributed by atoms with Crippen LogP contribution >= 0.6 is 0 Å². The number of hydrogen-bond donors (Lipinski definition) is 0. The van der Waals surface area contributed by atoms with Crippen molar-refractivity contribution in [2.45, 2.75) is 13.0 Å². The SMILES string of the molecule is CN(CC(=O)N(C)CCC#N)Cc1ccncc1. The minimum absolute atomic E-state index is 0.0295. The smallest absolute Gasteiger partial charge is 0.236 e. The molecular weight excluding hydrogens is 228 g/mol. The van der Waals surface area contributed by atoms with Crippen molar-refractivity contribution >= 4 is 5.91 Å². The minimum atomic E-state index is 0.0295. The molecule has 5 heteroatoms. The molecule has 0 aliphatic carbocycles. The number of nitrogens with zero attached hydrogens (tertiary/aromatic N) is 4. The van der Waals surface area contributed by atoms with Gasteiger partial charge in [0.1, 0.15) is 0 Å². The molecule has 0 fully saturated rings. The zero-order valence-corrected chi connectivity index (χ0v) is 10.8. The summed E-state index contributed by atoms with van der Waals surface area (Å²) >= 11 is 0. The molecule has 0 spiro atoms. The van der Waals surface area contributed by atoms with Crippen molar-refractivity contribution in [2.75, 3.05) is 27.2 Å². The Morgan fingerprint density at radius 1 is 1.39 bits per heavy atom. The zero-order valence-electron chi connectivity index (χ0n) is 10.8. The molecule has 0 saturated heterocycles. The lowest BCUT2D eigenvalue weighted by Crippen LogP contribution is -2.36. The van der Waals surface area contributed by atoms with Gasteiger partial charge in [0.2, 0.25) is 5.91 Å². The monoisotopic (exact) mass is 246 g/mol. The Morgan fingerprint density at radius 3 is 2.67 bits per heavy atom. The molecule has 0 aromatic carbocycles. The van der Waals surface area contributed by atoms with E-state index in [4.69, 9.17) is 5.26 Å². The summed E-state index contributed by atoms with van der Waals surface area (Å²) in [4.78, 5) is 19.3. The number of likely N-dealkylation sites (N-methyl/N-ethyl adjacent to an activating group) is 2. The van der Waals surface area contributed by atoms with Crippen molar-refractivity contribution in [3.63, 3.8) is 0 Å². The molecule has 1 amide bonds. The average Bonchev–Trinajstić information content (AvgIpc) is 2.36. The van der Waals surface area contributed by atoms with E-state index < -0.39 is 0 Å². The van der Waals surface area contributed by atoms with Crippen LogP contribution in [0.25, 0.3) is 0 Å². The second kappa shape index (κ2) is 7.41. The predicted octanol–water partition coefficient (Wildman–Crippen LogP) is 0.885. The molecule has 0 radical (unpaired) electrons. The quantitative estimate of drug-likeness (QED) is 0.747. The summed E-state index contributed by atoms with van der Waals surface area (Å²) in [7, 11) is 3.62. The van der Waals surface area contributed by atoms with Crippen LogP contribution in [0.4, 0.5) is 0 Å². The van der Waals surface area contributed by atoms with Crippen molar-refractivity contribution in [1.29, 1.82) is 5.26 Å². The highest BCUT2D eigenvalue weighted by molar-refractivity contribution is 5.77. The Balaban J connectivity index is 2.38. The van der Waals surface area contributed by atoms with Gasteiger partial charge < -0.3 is 4.90 Å². The van der Waals surface area contributed by atoms with Crippen LogP contribution in [-0.2, 0) is 11.3 Å². The molecule has 0 N–H and O–H groups in total. The van der Waals surface area contributed by atoms with Gasteiger partial charge in [-0.3, -0.25) is 14.7 Å². The summed E-state index contributed by atoms with van der Waals surface area (Å²) in [6.45, 7) is 1.54. The van der Waals surface area contributed by atoms with Gasteiger partial charge >= 0.3 is 0 Å². The third-order valence-electron chi connectivity index (χ3n) is 2.59. The Kier molecular flexibility index (Phi) is 5.81. The Morgan fingerprint density at radius 2 is 2.06 bits per heavy atom. The van der Waals surface area contributed by atoms with Crippen LogP contribution in [-0.4, -0.2) is 47.9 Å². The van der Waals surface area contributed by atoms with Gasteiger partial charge in [-0.1, -0.05) is 0 Å². The number of carbonyl (C=O) groups is 1. The van der Waals surface area contributed by atoms with Crippen LogP contribution in [0.3, 0.4) is 0 Å². The molecule has 0 atom stereocenters. The molecule has 0 aliphatic heterocycles. The lowest BCUT2D eigenvalue weighted by Gasteiger charge is -2.21. The largest absolute Gasteiger partial charge is 0.344 e. The van der Waals surface area contributed by atoms with Crippen molar-refractivity contribution < 1.29 is 4.79 Å². The maximum atomic E-state index is 11.8. The first-order valence-corrected chi connectivity index (χ1v) is 5.82. The highest BCUT2D eigenvalue weighted by Gasteiger charge is 2.11. The Hall–Kier alpha value is -1.93. The minimum Gasteiger partial charge on any atom is -0.344 e. The number of carbonyl (C=O) groups excluding carboxylic acids is 1. The molecule has 1 rings (SSSR count). The number of rotatable bonds is 6. The van der Waals surface area contributed by atoms with Gasteiger partial charge in [0, 0.05) is 32.5 Å². The van der Waals surface area contributed by atoms with Crippen LogP contribution < -0.4 is 0 Å². The number of amides is 1. The lowest BCUT2D eigenvalue weighted by atomic mass is 10.2. The first-order chi connectivity index (χ1) is 8.63. The maximum absolute atomic E-state index is 11.8. The van der Waals surface area contributed by atoms with E-state index in [9.17, 15) is 4.79 Å². The normalized spacial score (nSPS) is 10.1. The van der Waals surface area contributed by atoms with Crippen LogP contribution in [0.1, 0.15) is 12.0 Å². The Labute approximate surface area is 108 Å². The molecular formula is C13H18N4O. The summed E-state index contributed by atoms with van der Waals surface area (Å²) in [5.74, 6) is 0.0295. The fourth-order valence-corrected chi connectivity index (χ4v) is 1.55. The van der Waals surface area contributed by atoms with Gasteiger partial charge in [0.05, 0.1) is 19.0 Å². The summed E-state index contributed by atoms with van der Waals surface area (Å²) < 4.78 is 0. The summed E-state index contributed by atoms with van der Waals surface area (Å²) in [6, 6.07) is 5.89. The predicted molar refractivity (Wildman–Crippen MR) is 68.4 cm³/mol. The van der Waals surface area contributed by atoms with Crippen LogP contribution in [0.2, 0.25) is 0 Å². The average molecular weight is 246 g/mol. The lowest BCUT2D eigenvalue weighted by molar-refractivity contribution is -0.130. The maximum Gasteiger partial charge on any atom is 0.236 e. The first kappa shape index (κ1) is 14.1. The number of pyridine rings is 1. The fourth-order valence-electron chi connectivity index (χ4n) is 1.55. The van der Waals surface area contributed by atoms with E-state index >= 15 is 0 Å². The highest BCUT2D eigenvalue weighted by atomic mass is 16.2. The number of nitriles is 1. The van der Waals surface area contributed by atoms with E-state index in [-0.39, 0.29) is 5.91 Å². The summed E-state index contributed by atoms with van der Waals surface area (Å²) in [5.41, 5.74) is 1.12. The molecule has 1 heterocycles. The molecule has 0 aliphatic rings. The van der Waals surface area contributed by atoms with Gasteiger partial charge in [0.15, 0.2) is 0 Å². The third-order valence-corrected chi connectivity index (χ3v) is 2.59. The topological polar surface area (TPSA) is 60.2 Å². The molecule has 5 nitrogen and oxygen atoms in total. The second-order valence-electron chi connectivity index (χ2n) is 4.25. The van der Waals surface area contributed by atoms with Gasteiger partial charge in [-0.05, 0) is 24.7 Å². The fraction of sp³-hybridized carbons (Fsp3) is 0.462. The van der Waals surface area contributed by atoms with E-state index in [1.807, 2.05) is 30.1 Å². The van der Waals surface area contributed by atoms with E-state index in [1.165, 1.54) is 0 Å². The van der Waals surface area contributed by atoms with Crippen LogP contribution in [0.5, 0.6) is 0 Å². The first-order valence-electron chi connectivity index (χ1n) is 5.82. The number of hydrogen-bond acceptors (Lipinski definition) is 4. The highest BCUT2D eigenvalue weighted by Crippen LogP contribution is 2.01. The Bertz CT molecular complexity index is 413. The molecule has 96 valence electrons. The van der Waals surface area contributed by atoms with Gasteiger partial charge in [-0.2, -0.15) is 5.26 Å². The molecule has 1 aromatic heterocycles. The van der Waals surface area contributed by atoms with Crippen molar-refractivity contribution in [3.8, 4) is 6.07 Å². The van der Waals surface area contributed by atoms with Crippen molar-refractivity contribution in [2.24, 2.45) is 0 Å². The van der Waals surface area contributed by atoms with E-state index in [0.29, 0.717) is 26.1 Å². The summed E-state index contributed by atoms with van der Waals surface area (Å²) in [5, 5.41) is 8.47. The number of aromatic nitrogens is 1. The zero-order chi connectivity index (χ0) is 13.4. The van der Waals surface area contributed by atoms with Crippen molar-refractivity contribution in [1.82, 2.24) is 14.8 Å². The van der Waals surface area contributed by atoms with Crippen LogP contribution in [0.15, 0.2) is 24.5 Å². The molecule has 1 aromatic rings. The molecule has 18 heavy (non-hydrogen) atoms. The molecule has 0 unspecified atom stereocenters. The van der Waals surface area contributed by atoms with Crippen LogP contribution in [0, 0.1) is 11.3 Å². The van der Waals surface area contributed by atoms with Crippen molar-refractivity contribution in [3.05, 3.63) is 30.1 Å². The van der Waals surface area contributed by atoms with Gasteiger partial charge in [-0.25, -0.2) is 0 Å². The molecule has 0 bridgehead atoms. The summed E-state index contributed by atoms with van der Waals surface area (Å²) in [6.07, 6.45) is 3.85. The van der Waals surface area contributed by atoms with E-state index in [1.54, 1.807) is 24.3 Å². The van der Waals surface area contributed by atoms with Gasteiger partial charge in [0.25, 0.3) is 0 Å². The van der Waals surface area contributed by atoms with E-state index in [0.717, 1.165) is 5.56 Å². The van der Waals surface area contributed by atoms with E-state index in [2.05, 4.69) is 4.98 Å². The third kappa shape index (κ3) is 4.93.